The number of hydrogen-bond acceptors (Lipinski definition) is 3. The highest BCUT2D eigenvalue weighted by Crippen LogP contribution is 2.25. The highest BCUT2D eigenvalue weighted by molar-refractivity contribution is 9.11. The number of carboxylic acid groups (broad SMARTS) is 1. The van der Waals surface area contributed by atoms with Crippen molar-refractivity contribution in [3.05, 3.63) is 38.8 Å². The van der Waals surface area contributed by atoms with Crippen molar-refractivity contribution in [3.63, 3.8) is 0 Å². The van der Waals surface area contributed by atoms with Gasteiger partial charge in [0.15, 0.2) is 0 Å². The summed E-state index contributed by atoms with van der Waals surface area (Å²) in [5, 5.41) is 13.0. The molecule has 1 N–H and O–H groups in total. The summed E-state index contributed by atoms with van der Waals surface area (Å²) in [6.45, 7) is 2.01. The smallest absolute Gasteiger partial charge is 0.375 e. The minimum Gasteiger partial charge on any atom is -0.475 e. The van der Waals surface area contributed by atoms with Crippen LogP contribution in [0.2, 0.25) is 0 Å². The largest absolute Gasteiger partial charge is 0.475 e. The maximum Gasteiger partial charge on any atom is 0.375 e. The molecule has 1 heterocycles. The Morgan fingerprint density at radius 1 is 1.42 bits per heavy atom. The van der Waals surface area contributed by atoms with Gasteiger partial charge in [-0.2, -0.15) is 0 Å². The highest BCUT2D eigenvalue weighted by atomic mass is 79.9. The topological polar surface area (TPSA) is 68.0 Å². The second-order valence-electron chi connectivity index (χ2n) is 3.91. The summed E-state index contributed by atoms with van der Waals surface area (Å²) in [4.78, 5) is 15.0. The van der Waals surface area contributed by atoms with Gasteiger partial charge in [-0.05, 0) is 40.5 Å². The van der Waals surface area contributed by atoms with Gasteiger partial charge in [0.05, 0.1) is 5.69 Å². The van der Waals surface area contributed by atoms with Gasteiger partial charge in [-0.1, -0.05) is 22.9 Å². The molecular weight excluding hydrogens is 378 g/mol. The molecule has 0 aliphatic rings. The van der Waals surface area contributed by atoms with E-state index in [2.05, 4.69) is 41.9 Å². The maximum absolute atomic E-state index is 11.0. The number of aromatic carboxylic acids is 1. The highest BCUT2D eigenvalue weighted by Gasteiger charge is 2.17. The van der Waals surface area contributed by atoms with Crippen LogP contribution in [0.15, 0.2) is 27.1 Å². The van der Waals surface area contributed by atoms with Crippen molar-refractivity contribution in [1.29, 1.82) is 0 Å². The summed E-state index contributed by atoms with van der Waals surface area (Å²) in [7, 11) is 0. The predicted octanol–water partition coefficient (Wildman–Crippen LogP) is 3.44. The number of carbonyl (C=O) groups is 1. The van der Waals surface area contributed by atoms with E-state index in [9.17, 15) is 4.79 Å². The number of halogens is 2. The molecular formula is C12H11Br2N3O2. The maximum atomic E-state index is 11.0. The average molecular weight is 389 g/mol. The van der Waals surface area contributed by atoms with Crippen LogP contribution in [-0.4, -0.2) is 25.8 Å². The van der Waals surface area contributed by atoms with Crippen molar-refractivity contribution in [2.75, 3.05) is 0 Å². The van der Waals surface area contributed by atoms with Gasteiger partial charge in [0, 0.05) is 15.4 Å². The first-order valence-corrected chi connectivity index (χ1v) is 7.26. The number of aromatic nitrogens is 3. The molecule has 0 atom stereocenters. The summed E-state index contributed by atoms with van der Waals surface area (Å²) >= 11 is 6.83. The van der Waals surface area contributed by atoms with Gasteiger partial charge < -0.3 is 5.11 Å². The van der Waals surface area contributed by atoms with E-state index < -0.39 is 5.97 Å². The van der Waals surface area contributed by atoms with Crippen LogP contribution < -0.4 is 0 Å². The van der Waals surface area contributed by atoms with Crippen LogP contribution in [0.3, 0.4) is 0 Å². The first kappa shape index (κ1) is 14.2. The van der Waals surface area contributed by atoms with Gasteiger partial charge in [0.25, 0.3) is 5.82 Å². The first-order chi connectivity index (χ1) is 9.02. The Hall–Kier alpha value is -1.21. The van der Waals surface area contributed by atoms with Gasteiger partial charge in [0.2, 0.25) is 0 Å². The van der Waals surface area contributed by atoms with Gasteiger partial charge in [-0.3, -0.25) is 0 Å². The Balaban J connectivity index is 2.56. The third kappa shape index (κ3) is 3.03. The quantitative estimate of drug-likeness (QED) is 0.870. The number of carboxylic acids is 1. The Bertz CT molecular complexity index is 625. The molecule has 0 fully saturated rings. The fourth-order valence-electron chi connectivity index (χ4n) is 1.67. The van der Waals surface area contributed by atoms with Crippen LogP contribution in [0.1, 0.15) is 29.8 Å². The summed E-state index contributed by atoms with van der Waals surface area (Å²) < 4.78 is 3.32. The molecule has 1 aromatic carbocycles. The van der Waals surface area contributed by atoms with Gasteiger partial charge in [-0.15, -0.1) is 5.10 Å². The fraction of sp³-hybridized carbons (Fsp3) is 0.250. The predicted molar refractivity (Wildman–Crippen MR) is 77.7 cm³/mol. The lowest BCUT2D eigenvalue weighted by atomic mass is 10.3. The van der Waals surface area contributed by atoms with Crippen molar-refractivity contribution in [3.8, 4) is 5.69 Å². The molecule has 2 aromatic rings. The van der Waals surface area contributed by atoms with Crippen LogP contribution in [0.4, 0.5) is 0 Å². The number of nitrogens with zero attached hydrogens (tertiary/aromatic N) is 3. The number of benzene rings is 1. The second kappa shape index (κ2) is 5.83. The van der Waals surface area contributed by atoms with E-state index in [0.717, 1.165) is 21.1 Å². The molecule has 0 aliphatic carbocycles. The van der Waals surface area contributed by atoms with Gasteiger partial charge in [-0.25, -0.2) is 14.5 Å². The molecule has 0 unspecified atom stereocenters. The lowest BCUT2D eigenvalue weighted by molar-refractivity contribution is 0.0683. The molecule has 2 rings (SSSR count). The zero-order valence-electron chi connectivity index (χ0n) is 10.1. The Kier molecular flexibility index (Phi) is 4.36. The van der Waals surface area contributed by atoms with E-state index in [1.807, 2.05) is 25.1 Å². The fourth-order valence-corrected chi connectivity index (χ4v) is 2.88. The molecule has 0 saturated heterocycles. The zero-order valence-corrected chi connectivity index (χ0v) is 13.3. The molecule has 7 heteroatoms. The van der Waals surface area contributed by atoms with Crippen molar-refractivity contribution in [2.45, 2.75) is 19.8 Å². The zero-order chi connectivity index (χ0) is 14.0. The van der Waals surface area contributed by atoms with Crippen molar-refractivity contribution < 1.29 is 9.90 Å². The third-order valence-corrected chi connectivity index (χ3v) is 3.61. The molecule has 19 heavy (non-hydrogen) atoms. The SMILES string of the molecule is CCCc1nc(C(=O)O)nn1-c1ccc(Br)cc1Br. The number of hydrogen-bond donors (Lipinski definition) is 1. The van der Waals surface area contributed by atoms with Crippen molar-refractivity contribution >= 4 is 37.8 Å². The molecule has 1 aromatic heterocycles. The number of aryl methyl sites for hydroxylation is 1. The van der Waals surface area contributed by atoms with Crippen LogP contribution in [0, 0.1) is 0 Å². The van der Waals surface area contributed by atoms with E-state index in [0.29, 0.717) is 12.2 Å². The van der Waals surface area contributed by atoms with Crippen LogP contribution in [0.5, 0.6) is 0 Å². The van der Waals surface area contributed by atoms with E-state index in [4.69, 9.17) is 5.11 Å². The average Bonchev–Trinajstić information content (AvgIpc) is 2.74. The molecule has 0 saturated carbocycles. The normalized spacial score (nSPS) is 10.7. The van der Waals surface area contributed by atoms with E-state index in [1.54, 1.807) is 4.68 Å². The summed E-state index contributed by atoms with van der Waals surface area (Å²) in [6, 6.07) is 5.61. The molecule has 0 aliphatic heterocycles. The molecule has 0 radical (unpaired) electrons. The lowest BCUT2D eigenvalue weighted by Gasteiger charge is -2.07. The lowest BCUT2D eigenvalue weighted by Crippen LogP contribution is -2.04. The Morgan fingerprint density at radius 2 is 2.16 bits per heavy atom. The van der Waals surface area contributed by atoms with E-state index in [-0.39, 0.29) is 5.82 Å². The minimum atomic E-state index is -1.12. The molecule has 5 nitrogen and oxygen atoms in total. The van der Waals surface area contributed by atoms with Crippen LogP contribution >= 0.6 is 31.9 Å². The minimum absolute atomic E-state index is 0.182. The van der Waals surface area contributed by atoms with Gasteiger partial charge in [0.1, 0.15) is 5.82 Å². The second-order valence-corrected chi connectivity index (χ2v) is 5.68. The van der Waals surface area contributed by atoms with Crippen molar-refractivity contribution in [1.82, 2.24) is 14.8 Å². The monoisotopic (exact) mass is 387 g/mol. The Labute approximate surface area is 126 Å². The molecule has 0 amide bonds. The summed E-state index contributed by atoms with van der Waals surface area (Å²) in [5.41, 5.74) is 0.770. The van der Waals surface area contributed by atoms with Crippen molar-refractivity contribution in [2.24, 2.45) is 0 Å². The van der Waals surface area contributed by atoms with Crippen LogP contribution in [-0.2, 0) is 6.42 Å². The van der Waals surface area contributed by atoms with E-state index >= 15 is 0 Å². The molecule has 0 bridgehead atoms. The Morgan fingerprint density at radius 3 is 2.74 bits per heavy atom. The molecule has 100 valence electrons. The first-order valence-electron chi connectivity index (χ1n) is 5.67. The van der Waals surface area contributed by atoms with E-state index in [1.165, 1.54) is 0 Å². The summed E-state index contributed by atoms with van der Waals surface area (Å²) in [6.07, 6.45) is 1.54. The summed E-state index contributed by atoms with van der Waals surface area (Å²) in [5.74, 6) is -0.662. The van der Waals surface area contributed by atoms with Crippen LogP contribution in [0.25, 0.3) is 5.69 Å². The third-order valence-electron chi connectivity index (χ3n) is 2.48. The molecule has 0 spiro atoms. The number of rotatable bonds is 4. The van der Waals surface area contributed by atoms with Gasteiger partial charge >= 0.3 is 5.97 Å². The standard InChI is InChI=1S/C12H11Br2N3O2/c1-2-3-10-15-11(12(18)19)16-17(10)9-5-4-7(13)6-8(9)14/h4-6H,2-3H2,1H3,(H,18,19).